The largest absolute Gasteiger partial charge is 0.452 e. The van der Waals surface area contributed by atoms with Crippen LogP contribution in [0.25, 0.3) is 0 Å². The van der Waals surface area contributed by atoms with Gasteiger partial charge in [-0.3, -0.25) is 4.79 Å². The third kappa shape index (κ3) is 5.34. The molecule has 1 atom stereocenters. The van der Waals surface area contributed by atoms with E-state index in [9.17, 15) is 9.59 Å². The van der Waals surface area contributed by atoms with E-state index in [0.717, 1.165) is 16.9 Å². The molecular weight excluding hydrogens is 410 g/mol. The molecule has 0 spiro atoms. The summed E-state index contributed by atoms with van der Waals surface area (Å²) >= 11 is 7.29. The maximum atomic E-state index is 12.5. The van der Waals surface area contributed by atoms with Crippen LogP contribution in [0.1, 0.15) is 39.3 Å². The average Bonchev–Trinajstić information content (AvgIpc) is 3.27. The number of benzene rings is 1. The number of pyridine rings is 1. The molecule has 2 heterocycles. The van der Waals surface area contributed by atoms with Crippen LogP contribution in [0, 0.1) is 0 Å². The number of ether oxygens (including phenoxy) is 1. The molecule has 29 heavy (non-hydrogen) atoms. The molecule has 150 valence electrons. The lowest BCUT2D eigenvalue weighted by atomic mass is 10.0. The number of anilines is 1. The normalized spacial score (nSPS) is 11.7. The summed E-state index contributed by atoms with van der Waals surface area (Å²) in [5, 5.41) is 4.99. The zero-order valence-electron chi connectivity index (χ0n) is 15.7. The number of nitrogens with zero attached hydrogens (tertiary/aromatic N) is 1. The number of nitrogen functional groups attached to an aromatic ring is 1. The molecule has 3 N–H and O–H groups in total. The molecule has 1 amide bonds. The van der Waals surface area contributed by atoms with Crippen molar-refractivity contribution in [2.24, 2.45) is 0 Å². The highest BCUT2D eigenvalue weighted by molar-refractivity contribution is 7.10. The summed E-state index contributed by atoms with van der Waals surface area (Å²) in [6, 6.07) is 13.0. The summed E-state index contributed by atoms with van der Waals surface area (Å²) in [6.45, 7) is 1.67. The van der Waals surface area contributed by atoms with Gasteiger partial charge in [0.2, 0.25) is 0 Å². The second-order valence-corrected chi connectivity index (χ2v) is 7.63. The number of nitrogens with one attached hydrogen (secondary N) is 1. The number of amides is 1. The van der Waals surface area contributed by atoms with Crippen molar-refractivity contribution in [3.05, 3.63) is 80.8 Å². The Morgan fingerprint density at radius 2 is 2.03 bits per heavy atom. The Kier molecular flexibility index (Phi) is 6.85. The maximum absolute atomic E-state index is 12.5. The van der Waals surface area contributed by atoms with Crippen LogP contribution in [-0.2, 0) is 16.0 Å². The Bertz CT molecular complexity index is 991. The third-order valence-corrected chi connectivity index (χ3v) is 5.54. The number of nitrogens with two attached hydrogens (primary N) is 1. The molecule has 3 rings (SSSR count). The van der Waals surface area contributed by atoms with Gasteiger partial charge in [-0.2, -0.15) is 0 Å². The Hall–Kier alpha value is -2.90. The number of rotatable bonds is 7. The van der Waals surface area contributed by atoms with Gasteiger partial charge in [0, 0.05) is 11.1 Å². The first-order valence-electron chi connectivity index (χ1n) is 8.97. The Morgan fingerprint density at radius 3 is 2.66 bits per heavy atom. The molecule has 0 aliphatic carbocycles. The first kappa shape index (κ1) is 20.8. The molecule has 6 nitrogen and oxygen atoms in total. The lowest BCUT2D eigenvalue weighted by Gasteiger charge is -2.18. The summed E-state index contributed by atoms with van der Waals surface area (Å²) < 4.78 is 5.09. The second kappa shape index (κ2) is 9.54. The van der Waals surface area contributed by atoms with Gasteiger partial charge in [-0.25, -0.2) is 9.78 Å². The van der Waals surface area contributed by atoms with Crippen LogP contribution in [0.4, 0.5) is 5.69 Å². The fourth-order valence-corrected chi connectivity index (χ4v) is 3.62. The number of halogens is 1. The standard InChI is InChI=1S/C21H20ClN3O3S/c1-2-13-5-7-14(8-6-13)19(17-4-3-9-29-17)25-18(26)12-28-21(27)15-10-16(23)20(22)24-11-15/h3-11,19H,2,12,23H2,1H3,(H,25,26)/t19-/m1/s1. The van der Waals surface area contributed by atoms with Crippen molar-refractivity contribution in [1.82, 2.24) is 10.3 Å². The molecule has 0 aliphatic heterocycles. The van der Waals surface area contributed by atoms with Crippen molar-refractivity contribution >= 4 is 40.5 Å². The monoisotopic (exact) mass is 429 g/mol. The van der Waals surface area contributed by atoms with Crippen LogP contribution >= 0.6 is 22.9 Å². The molecule has 0 radical (unpaired) electrons. The molecule has 0 unspecified atom stereocenters. The smallest absolute Gasteiger partial charge is 0.340 e. The van der Waals surface area contributed by atoms with E-state index in [-0.39, 0.29) is 22.4 Å². The van der Waals surface area contributed by atoms with Gasteiger partial charge in [0.05, 0.1) is 17.3 Å². The summed E-state index contributed by atoms with van der Waals surface area (Å²) in [7, 11) is 0. The van der Waals surface area contributed by atoms with E-state index in [1.165, 1.54) is 17.8 Å². The topological polar surface area (TPSA) is 94.3 Å². The average molecular weight is 430 g/mol. The number of carbonyl (C=O) groups excluding carboxylic acids is 2. The van der Waals surface area contributed by atoms with Crippen LogP contribution in [0.2, 0.25) is 5.15 Å². The molecule has 0 fully saturated rings. The summed E-state index contributed by atoms with van der Waals surface area (Å²) in [5.41, 5.74) is 8.11. The minimum absolute atomic E-state index is 0.104. The maximum Gasteiger partial charge on any atom is 0.340 e. The molecule has 0 saturated heterocycles. The Balaban J connectivity index is 1.66. The van der Waals surface area contributed by atoms with E-state index in [1.807, 2.05) is 41.8 Å². The van der Waals surface area contributed by atoms with Gasteiger partial charge in [-0.1, -0.05) is 48.9 Å². The lowest BCUT2D eigenvalue weighted by Crippen LogP contribution is -2.32. The van der Waals surface area contributed by atoms with Gasteiger partial charge in [-0.15, -0.1) is 11.3 Å². The quantitative estimate of drug-likeness (QED) is 0.437. The van der Waals surface area contributed by atoms with Gasteiger partial charge in [0.1, 0.15) is 0 Å². The number of carbonyl (C=O) groups is 2. The zero-order chi connectivity index (χ0) is 20.8. The summed E-state index contributed by atoms with van der Waals surface area (Å²) in [6.07, 6.45) is 2.19. The molecule has 0 bridgehead atoms. The predicted molar refractivity (Wildman–Crippen MR) is 114 cm³/mol. The van der Waals surface area contributed by atoms with Gasteiger partial charge in [0.15, 0.2) is 11.8 Å². The van der Waals surface area contributed by atoms with Crippen LogP contribution in [0.15, 0.2) is 54.0 Å². The molecule has 8 heteroatoms. The molecule has 1 aromatic carbocycles. The van der Waals surface area contributed by atoms with Gasteiger partial charge >= 0.3 is 5.97 Å². The predicted octanol–water partition coefficient (Wildman–Crippen LogP) is 4.00. The van der Waals surface area contributed by atoms with Crippen LogP contribution in [0.5, 0.6) is 0 Å². The molecular formula is C21H20ClN3O3S. The van der Waals surface area contributed by atoms with Crippen molar-refractivity contribution in [1.29, 1.82) is 0 Å². The molecule has 3 aromatic rings. The van der Waals surface area contributed by atoms with Crippen molar-refractivity contribution in [2.45, 2.75) is 19.4 Å². The highest BCUT2D eigenvalue weighted by Crippen LogP contribution is 2.26. The van der Waals surface area contributed by atoms with Gasteiger partial charge in [0.25, 0.3) is 5.91 Å². The van der Waals surface area contributed by atoms with Gasteiger partial charge < -0.3 is 15.8 Å². The van der Waals surface area contributed by atoms with E-state index in [4.69, 9.17) is 22.1 Å². The Morgan fingerprint density at radius 1 is 1.28 bits per heavy atom. The van der Waals surface area contributed by atoms with Gasteiger partial charge in [-0.05, 0) is 35.1 Å². The first-order chi connectivity index (χ1) is 14.0. The molecule has 0 saturated carbocycles. The van der Waals surface area contributed by atoms with Crippen molar-refractivity contribution in [2.75, 3.05) is 12.3 Å². The molecule has 0 aliphatic rings. The van der Waals surface area contributed by atoms with Crippen LogP contribution in [-0.4, -0.2) is 23.5 Å². The number of thiophene rings is 1. The zero-order valence-corrected chi connectivity index (χ0v) is 17.3. The summed E-state index contributed by atoms with van der Waals surface area (Å²) in [4.78, 5) is 29.4. The fraction of sp³-hybridized carbons (Fsp3) is 0.190. The lowest BCUT2D eigenvalue weighted by molar-refractivity contribution is -0.124. The highest BCUT2D eigenvalue weighted by Gasteiger charge is 2.19. The Labute approximate surface area is 177 Å². The van der Waals surface area contributed by atoms with Crippen LogP contribution in [0.3, 0.4) is 0 Å². The number of aromatic nitrogens is 1. The number of hydrogen-bond donors (Lipinski definition) is 2. The van der Waals surface area contributed by atoms with E-state index in [1.54, 1.807) is 11.3 Å². The van der Waals surface area contributed by atoms with Crippen LogP contribution < -0.4 is 11.1 Å². The van der Waals surface area contributed by atoms with E-state index in [0.29, 0.717) is 0 Å². The van der Waals surface area contributed by atoms with E-state index in [2.05, 4.69) is 17.2 Å². The first-order valence-corrected chi connectivity index (χ1v) is 10.2. The minimum atomic E-state index is -0.698. The highest BCUT2D eigenvalue weighted by atomic mass is 35.5. The van der Waals surface area contributed by atoms with Crippen molar-refractivity contribution in [3.8, 4) is 0 Å². The molecule has 2 aromatic heterocycles. The number of esters is 1. The number of aryl methyl sites for hydroxylation is 1. The summed E-state index contributed by atoms with van der Waals surface area (Å²) in [5.74, 6) is -1.11. The number of hydrogen-bond acceptors (Lipinski definition) is 6. The van der Waals surface area contributed by atoms with Crippen molar-refractivity contribution in [3.63, 3.8) is 0 Å². The van der Waals surface area contributed by atoms with E-state index >= 15 is 0 Å². The second-order valence-electron chi connectivity index (χ2n) is 6.29. The SMILES string of the molecule is CCc1ccc([C@@H](NC(=O)COC(=O)c2cnc(Cl)c(N)c2)c2cccs2)cc1. The van der Waals surface area contributed by atoms with Crippen molar-refractivity contribution < 1.29 is 14.3 Å². The fourth-order valence-electron chi connectivity index (χ4n) is 2.71. The minimum Gasteiger partial charge on any atom is -0.452 e. The third-order valence-electron chi connectivity index (χ3n) is 4.29. The van der Waals surface area contributed by atoms with E-state index < -0.39 is 18.5 Å².